The van der Waals surface area contributed by atoms with Gasteiger partial charge < -0.3 is 10.2 Å². The molecule has 0 aromatic heterocycles. The van der Waals surface area contributed by atoms with Gasteiger partial charge in [-0.1, -0.05) is 22.9 Å². The highest BCUT2D eigenvalue weighted by Gasteiger charge is 2.24. The van der Waals surface area contributed by atoms with Gasteiger partial charge in [-0.15, -0.1) is 0 Å². The van der Waals surface area contributed by atoms with Crippen molar-refractivity contribution in [3.05, 3.63) is 28.2 Å². The third-order valence-corrected chi connectivity index (χ3v) is 4.62. The molecular formula is C15H21BrF2N2. The van der Waals surface area contributed by atoms with Crippen LogP contribution in [0, 0.1) is 17.6 Å². The summed E-state index contributed by atoms with van der Waals surface area (Å²) in [5.41, 5.74) is -0.0152. The van der Waals surface area contributed by atoms with Crippen LogP contribution in [0.3, 0.4) is 0 Å². The van der Waals surface area contributed by atoms with E-state index in [0.29, 0.717) is 10.4 Å². The topological polar surface area (TPSA) is 15.3 Å². The number of benzene rings is 1. The van der Waals surface area contributed by atoms with Crippen LogP contribution < -0.4 is 5.32 Å². The first-order valence-corrected chi connectivity index (χ1v) is 7.94. The molecule has 1 atom stereocenters. The van der Waals surface area contributed by atoms with Crippen molar-refractivity contribution >= 4 is 21.6 Å². The Labute approximate surface area is 127 Å². The van der Waals surface area contributed by atoms with Crippen molar-refractivity contribution in [2.24, 2.45) is 5.92 Å². The number of anilines is 1. The second-order valence-electron chi connectivity index (χ2n) is 5.45. The Morgan fingerprint density at radius 1 is 1.30 bits per heavy atom. The summed E-state index contributed by atoms with van der Waals surface area (Å²) in [5.74, 6) is -0.635. The molecular weight excluding hydrogens is 326 g/mol. The van der Waals surface area contributed by atoms with E-state index in [1.54, 1.807) is 0 Å². The molecule has 1 aliphatic rings. The third kappa shape index (κ3) is 3.70. The highest BCUT2D eigenvalue weighted by atomic mass is 79.9. The van der Waals surface area contributed by atoms with Gasteiger partial charge in [-0.2, -0.15) is 0 Å². The van der Waals surface area contributed by atoms with E-state index >= 15 is 0 Å². The summed E-state index contributed by atoms with van der Waals surface area (Å²) in [4.78, 5) is 2.41. The van der Waals surface area contributed by atoms with E-state index < -0.39 is 11.6 Å². The number of piperidine rings is 1. The molecule has 1 unspecified atom stereocenters. The molecule has 2 rings (SSSR count). The molecule has 112 valence electrons. The number of hydrogen-bond donors (Lipinski definition) is 1. The van der Waals surface area contributed by atoms with Gasteiger partial charge in [0.25, 0.3) is 0 Å². The maximum absolute atomic E-state index is 13.8. The van der Waals surface area contributed by atoms with Gasteiger partial charge in [0.1, 0.15) is 17.3 Å². The van der Waals surface area contributed by atoms with E-state index in [0.717, 1.165) is 32.5 Å². The fraction of sp³-hybridized carbons (Fsp3) is 0.600. The maximum atomic E-state index is 13.8. The molecule has 2 nitrogen and oxygen atoms in total. The predicted octanol–water partition coefficient (Wildman–Crippen LogP) is 4.26. The van der Waals surface area contributed by atoms with Crippen molar-refractivity contribution in [1.29, 1.82) is 0 Å². The minimum Gasteiger partial charge on any atom is -0.378 e. The molecule has 0 bridgehead atoms. The normalized spacial score (nSPS) is 19.1. The molecule has 20 heavy (non-hydrogen) atoms. The molecule has 1 fully saturated rings. The molecule has 0 radical (unpaired) electrons. The minimum absolute atomic E-state index is 0.0152. The summed E-state index contributed by atoms with van der Waals surface area (Å²) in [5, 5.41) is 3.02. The van der Waals surface area contributed by atoms with Crippen molar-refractivity contribution in [3.63, 3.8) is 0 Å². The Morgan fingerprint density at radius 3 is 2.35 bits per heavy atom. The summed E-state index contributed by atoms with van der Waals surface area (Å²) in [7, 11) is 0. The molecule has 0 saturated carbocycles. The largest absolute Gasteiger partial charge is 0.378 e. The number of nitrogens with zero attached hydrogens (tertiary/aromatic N) is 1. The molecule has 0 spiro atoms. The first kappa shape index (κ1) is 15.7. The Morgan fingerprint density at radius 2 is 1.85 bits per heavy atom. The lowest BCUT2D eigenvalue weighted by Gasteiger charge is -2.35. The second kappa shape index (κ2) is 6.85. The SMILES string of the molecule is CCN1CCC(C(C)Nc2c(F)cc(Br)cc2F)CC1. The molecule has 1 heterocycles. The van der Waals surface area contributed by atoms with Crippen LogP contribution in [-0.4, -0.2) is 30.6 Å². The minimum atomic E-state index is -0.547. The smallest absolute Gasteiger partial charge is 0.150 e. The van der Waals surface area contributed by atoms with E-state index in [2.05, 4.69) is 33.1 Å². The first-order chi connectivity index (χ1) is 9.51. The summed E-state index contributed by atoms with van der Waals surface area (Å²) in [6, 6.07) is 2.65. The zero-order valence-corrected chi connectivity index (χ0v) is 13.5. The van der Waals surface area contributed by atoms with Crippen LogP contribution in [0.2, 0.25) is 0 Å². The Hall–Kier alpha value is -0.680. The summed E-state index contributed by atoms with van der Waals surface area (Å²) in [6.07, 6.45) is 2.14. The fourth-order valence-electron chi connectivity index (χ4n) is 2.79. The van der Waals surface area contributed by atoms with Crippen molar-refractivity contribution in [2.45, 2.75) is 32.7 Å². The Kier molecular flexibility index (Phi) is 5.38. The predicted molar refractivity (Wildman–Crippen MR) is 82.0 cm³/mol. The molecule has 1 aromatic carbocycles. The number of likely N-dealkylation sites (tertiary alicyclic amines) is 1. The van der Waals surface area contributed by atoms with E-state index in [-0.39, 0.29) is 11.7 Å². The van der Waals surface area contributed by atoms with Gasteiger partial charge in [-0.3, -0.25) is 0 Å². The molecule has 1 aromatic rings. The highest BCUT2D eigenvalue weighted by Crippen LogP contribution is 2.28. The van der Waals surface area contributed by atoms with E-state index in [1.165, 1.54) is 12.1 Å². The van der Waals surface area contributed by atoms with Crippen LogP contribution in [0.15, 0.2) is 16.6 Å². The van der Waals surface area contributed by atoms with E-state index in [1.807, 2.05) is 6.92 Å². The van der Waals surface area contributed by atoms with Crippen molar-refractivity contribution in [1.82, 2.24) is 4.90 Å². The molecule has 0 aliphatic carbocycles. The molecule has 1 saturated heterocycles. The maximum Gasteiger partial charge on any atom is 0.150 e. The van der Waals surface area contributed by atoms with Gasteiger partial charge in [-0.25, -0.2) is 8.78 Å². The molecule has 5 heteroatoms. The molecule has 0 amide bonds. The van der Waals surface area contributed by atoms with Gasteiger partial charge in [0.15, 0.2) is 0 Å². The van der Waals surface area contributed by atoms with Crippen molar-refractivity contribution in [2.75, 3.05) is 25.0 Å². The zero-order chi connectivity index (χ0) is 14.7. The van der Waals surface area contributed by atoms with Crippen LogP contribution in [0.1, 0.15) is 26.7 Å². The van der Waals surface area contributed by atoms with Gasteiger partial charge in [0, 0.05) is 10.5 Å². The number of hydrogen-bond acceptors (Lipinski definition) is 2. The zero-order valence-electron chi connectivity index (χ0n) is 11.9. The van der Waals surface area contributed by atoms with Crippen LogP contribution in [0.25, 0.3) is 0 Å². The van der Waals surface area contributed by atoms with E-state index in [4.69, 9.17) is 0 Å². The Balaban J connectivity index is 2.00. The highest BCUT2D eigenvalue weighted by molar-refractivity contribution is 9.10. The average Bonchev–Trinajstić information content (AvgIpc) is 2.42. The molecule has 1 N–H and O–H groups in total. The number of nitrogens with one attached hydrogen (secondary N) is 1. The summed E-state index contributed by atoms with van der Waals surface area (Å²) in [6.45, 7) is 7.38. The van der Waals surface area contributed by atoms with Crippen molar-refractivity contribution in [3.8, 4) is 0 Å². The second-order valence-corrected chi connectivity index (χ2v) is 6.36. The first-order valence-electron chi connectivity index (χ1n) is 7.14. The lowest BCUT2D eigenvalue weighted by Crippen LogP contribution is -2.39. The monoisotopic (exact) mass is 346 g/mol. The summed E-state index contributed by atoms with van der Waals surface area (Å²) >= 11 is 3.09. The number of halogens is 3. The van der Waals surface area contributed by atoms with Gasteiger partial charge >= 0.3 is 0 Å². The standard InChI is InChI=1S/C15H21BrF2N2/c1-3-20-6-4-11(5-7-20)10(2)19-15-13(17)8-12(16)9-14(15)18/h8-11,19H,3-7H2,1-2H3. The fourth-order valence-corrected chi connectivity index (χ4v) is 3.20. The van der Waals surface area contributed by atoms with Crippen molar-refractivity contribution < 1.29 is 8.78 Å². The lowest BCUT2D eigenvalue weighted by molar-refractivity contribution is 0.183. The quantitative estimate of drug-likeness (QED) is 0.876. The van der Waals surface area contributed by atoms with Gasteiger partial charge in [0.05, 0.1) is 0 Å². The van der Waals surface area contributed by atoms with Crippen LogP contribution in [-0.2, 0) is 0 Å². The van der Waals surface area contributed by atoms with Gasteiger partial charge in [-0.05, 0) is 57.5 Å². The summed E-state index contributed by atoms with van der Waals surface area (Å²) < 4.78 is 28.0. The van der Waals surface area contributed by atoms with Gasteiger partial charge in [0.2, 0.25) is 0 Å². The average molecular weight is 347 g/mol. The Bertz CT molecular complexity index is 436. The third-order valence-electron chi connectivity index (χ3n) is 4.17. The van der Waals surface area contributed by atoms with Crippen LogP contribution in [0.5, 0.6) is 0 Å². The van der Waals surface area contributed by atoms with E-state index in [9.17, 15) is 8.78 Å². The van der Waals surface area contributed by atoms with Crippen LogP contribution >= 0.6 is 15.9 Å². The lowest BCUT2D eigenvalue weighted by atomic mass is 9.90. The molecule has 1 aliphatic heterocycles. The van der Waals surface area contributed by atoms with Crippen LogP contribution in [0.4, 0.5) is 14.5 Å². The number of rotatable bonds is 4.